The molecule has 43 heavy (non-hydrogen) atoms. The van der Waals surface area contributed by atoms with E-state index < -0.39 is 47.8 Å². The Morgan fingerprint density at radius 2 is 1.26 bits per heavy atom. The quantitative estimate of drug-likeness (QED) is 0.204. The maximum atomic E-state index is 13.8. The normalized spacial score (nSPS) is 22.2. The van der Waals surface area contributed by atoms with Crippen molar-refractivity contribution < 1.29 is 19.2 Å². The van der Waals surface area contributed by atoms with Gasteiger partial charge in [0, 0.05) is 36.5 Å². The largest absolute Gasteiger partial charge is 0.361 e. The van der Waals surface area contributed by atoms with Gasteiger partial charge < -0.3 is 32.0 Å². The molecule has 0 bridgehead atoms. The third-order valence-electron chi connectivity index (χ3n) is 7.60. The van der Waals surface area contributed by atoms with Crippen LogP contribution in [0.1, 0.15) is 23.1 Å². The predicted molar refractivity (Wildman–Crippen MR) is 164 cm³/mol. The number of amides is 4. The number of hydrogen-bond acceptors (Lipinski definition) is 5. The van der Waals surface area contributed by atoms with Gasteiger partial charge in [0.25, 0.3) is 0 Å². The van der Waals surface area contributed by atoms with E-state index in [1.807, 2.05) is 84.9 Å². The second-order valence-corrected chi connectivity index (χ2v) is 10.9. The molecule has 4 amide bonds. The molecule has 4 atom stereocenters. The Balaban J connectivity index is 1.45. The van der Waals surface area contributed by atoms with Crippen molar-refractivity contribution in [2.75, 3.05) is 6.54 Å². The minimum absolute atomic E-state index is 0.101. The Bertz CT molecular complexity index is 1570. The van der Waals surface area contributed by atoms with E-state index in [9.17, 15) is 19.2 Å². The first-order valence-corrected chi connectivity index (χ1v) is 14.4. The summed E-state index contributed by atoms with van der Waals surface area (Å²) in [5.41, 5.74) is 9.63. The summed E-state index contributed by atoms with van der Waals surface area (Å²) in [5, 5.41) is 12.4. The number of aromatic nitrogens is 1. The van der Waals surface area contributed by atoms with Gasteiger partial charge in [-0.25, -0.2) is 0 Å². The third-order valence-corrected chi connectivity index (χ3v) is 7.60. The van der Waals surface area contributed by atoms with Crippen LogP contribution in [0.15, 0.2) is 91.1 Å². The van der Waals surface area contributed by atoms with E-state index in [-0.39, 0.29) is 25.8 Å². The lowest BCUT2D eigenvalue weighted by Crippen LogP contribution is -2.59. The molecule has 0 spiro atoms. The number of carbonyl (C=O) groups excluding carboxylic acids is 4. The minimum atomic E-state index is -1.13. The molecule has 10 nitrogen and oxygen atoms in total. The molecule has 10 heteroatoms. The molecule has 1 saturated heterocycles. The van der Waals surface area contributed by atoms with Crippen molar-refractivity contribution in [3.8, 4) is 0 Å². The van der Waals surface area contributed by atoms with Gasteiger partial charge in [-0.15, -0.1) is 0 Å². The highest BCUT2D eigenvalue weighted by molar-refractivity contribution is 5.95. The van der Waals surface area contributed by atoms with Crippen molar-refractivity contribution in [2.24, 2.45) is 5.73 Å². The number of aromatic amines is 1. The van der Waals surface area contributed by atoms with Crippen molar-refractivity contribution in [1.29, 1.82) is 0 Å². The van der Waals surface area contributed by atoms with Crippen LogP contribution in [-0.2, 0) is 38.4 Å². The van der Waals surface area contributed by atoms with Crippen LogP contribution in [-0.4, -0.2) is 59.3 Å². The fourth-order valence-corrected chi connectivity index (χ4v) is 5.34. The average Bonchev–Trinajstić information content (AvgIpc) is 3.42. The van der Waals surface area contributed by atoms with E-state index in [4.69, 9.17) is 5.73 Å². The second kappa shape index (κ2) is 13.8. The first kappa shape index (κ1) is 29.5. The fourth-order valence-electron chi connectivity index (χ4n) is 5.34. The number of nitrogens with one attached hydrogen (secondary N) is 5. The average molecular weight is 581 g/mol. The number of fused-ring (bicyclic) bond motifs is 1. The molecule has 4 aromatic rings. The van der Waals surface area contributed by atoms with E-state index >= 15 is 0 Å². The van der Waals surface area contributed by atoms with Crippen molar-refractivity contribution in [1.82, 2.24) is 26.3 Å². The third kappa shape index (κ3) is 7.87. The van der Waals surface area contributed by atoms with Crippen LogP contribution in [0.25, 0.3) is 10.9 Å². The summed E-state index contributed by atoms with van der Waals surface area (Å²) < 4.78 is 0. The molecule has 1 aromatic heterocycles. The van der Waals surface area contributed by atoms with Crippen LogP contribution in [0.3, 0.4) is 0 Å². The molecule has 5 rings (SSSR count). The second-order valence-electron chi connectivity index (χ2n) is 10.9. The Morgan fingerprint density at radius 1 is 0.651 bits per heavy atom. The predicted octanol–water partition coefficient (Wildman–Crippen LogP) is 1.50. The molecule has 2 heterocycles. The van der Waals surface area contributed by atoms with E-state index in [2.05, 4.69) is 26.3 Å². The smallest absolute Gasteiger partial charge is 0.243 e. The number of rotatable bonds is 6. The number of carbonyl (C=O) groups is 4. The Labute approximate surface area is 249 Å². The van der Waals surface area contributed by atoms with Crippen LogP contribution in [0, 0.1) is 0 Å². The summed E-state index contributed by atoms with van der Waals surface area (Å²) in [4.78, 5) is 56.7. The molecule has 0 saturated carbocycles. The van der Waals surface area contributed by atoms with Gasteiger partial charge in [-0.1, -0.05) is 78.9 Å². The van der Waals surface area contributed by atoms with Crippen molar-refractivity contribution in [2.45, 2.75) is 49.9 Å². The highest BCUT2D eigenvalue weighted by atomic mass is 16.2. The van der Waals surface area contributed by atoms with Crippen LogP contribution in [0.4, 0.5) is 0 Å². The number of para-hydroxylation sites is 1. The lowest BCUT2D eigenvalue weighted by Gasteiger charge is -2.27. The van der Waals surface area contributed by atoms with Crippen LogP contribution in [0.2, 0.25) is 0 Å². The zero-order valence-electron chi connectivity index (χ0n) is 23.7. The Kier molecular flexibility index (Phi) is 9.48. The van der Waals surface area contributed by atoms with Crippen LogP contribution >= 0.6 is 0 Å². The Hall–Kier alpha value is -4.96. The SMILES string of the molecule is N[C@H]1CC(=O)N[C@@H](Cc2c[nH]c3ccccc23)C(=O)N[C@@H](Cc2ccccc2)C(=O)N[C@H](Cc2ccccc2)CNC1=O. The zero-order chi connectivity index (χ0) is 30.2. The van der Waals surface area contributed by atoms with Gasteiger partial charge in [0.05, 0.1) is 18.5 Å². The topological polar surface area (TPSA) is 158 Å². The van der Waals surface area contributed by atoms with E-state index in [1.165, 1.54) is 0 Å². The highest BCUT2D eigenvalue weighted by Gasteiger charge is 2.31. The molecule has 0 aliphatic carbocycles. The maximum absolute atomic E-state index is 13.8. The summed E-state index contributed by atoms with van der Waals surface area (Å²) in [6, 6.07) is 23.1. The maximum Gasteiger partial charge on any atom is 0.243 e. The van der Waals surface area contributed by atoms with Crippen molar-refractivity contribution in [3.63, 3.8) is 0 Å². The van der Waals surface area contributed by atoms with Crippen molar-refractivity contribution in [3.05, 3.63) is 108 Å². The summed E-state index contributed by atoms with van der Waals surface area (Å²) in [5.74, 6) is -1.96. The molecule has 1 aliphatic heterocycles. The standard InChI is InChI=1S/C33H36N6O4/c34-26-18-30(40)38-29(17-23-19-35-27-14-8-7-13-25(23)27)33(43)39-28(16-22-11-5-2-6-12-22)32(42)37-24(20-36-31(26)41)15-21-9-3-1-4-10-21/h1-14,19,24,26,28-29,35H,15-18,20,34H2,(H,36,41)(H,37,42)(H,38,40)(H,39,43)/t24-,26+,28+,29+/m1/s1. The molecule has 222 valence electrons. The number of H-pyrrole nitrogens is 1. The molecule has 7 N–H and O–H groups in total. The van der Waals surface area contributed by atoms with E-state index in [1.54, 1.807) is 6.20 Å². The molecule has 1 fully saturated rings. The summed E-state index contributed by atoms with van der Waals surface area (Å²) in [6.45, 7) is 0.101. The van der Waals surface area contributed by atoms with Gasteiger partial charge in [0.2, 0.25) is 23.6 Å². The van der Waals surface area contributed by atoms with E-state index in [0.717, 1.165) is 27.6 Å². The van der Waals surface area contributed by atoms with Crippen molar-refractivity contribution >= 4 is 34.5 Å². The summed E-state index contributed by atoms with van der Waals surface area (Å²) >= 11 is 0. The first-order chi connectivity index (χ1) is 20.9. The molecule has 1 aliphatic rings. The zero-order valence-corrected chi connectivity index (χ0v) is 23.7. The summed E-state index contributed by atoms with van der Waals surface area (Å²) in [7, 11) is 0. The Morgan fingerprint density at radius 3 is 1.98 bits per heavy atom. The van der Waals surface area contributed by atoms with Crippen LogP contribution in [0.5, 0.6) is 0 Å². The monoisotopic (exact) mass is 580 g/mol. The van der Waals surface area contributed by atoms with Gasteiger partial charge in [0.15, 0.2) is 0 Å². The van der Waals surface area contributed by atoms with Gasteiger partial charge in [-0.3, -0.25) is 19.2 Å². The lowest BCUT2D eigenvalue weighted by atomic mass is 10.0. The van der Waals surface area contributed by atoms with Gasteiger partial charge in [-0.2, -0.15) is 0 Å². The first-order valence-electron chi connectivity index (χ1n) is 14.4. The van der Waals surface area contributed by atoms with Gasteiger partial charge in [0.1, 0.15) is 12.1 Å². The van der Waals surface area contributed by atoms with Gasteiger partial charge in [-0.05, 0) is 29.2 Å². The van der Waals surface area contributed by atoms with Crippen LogP contribution < -0.4 is 27.0 Å². The highest BCUT2D eigenvalue weighted by Crippen LogP contribution is 2.19. The molecule has 3 aromatic carbocycles. The van der Waals surface area contributed by atoms with E-state index in [0.29, 0.717) is 6.42 Å². The molecule has 0 radical (unpaired) electrons. The minimum Gasteiger partial charge on any atom is -0.361 e. The fraction of sp³-hybridized carbons (Fsp3) is 0.273. The number of nitrogens with two attached hydrogens (primary N) is 1. The summed E-state index contributed by atoms with van der Waals surface area (Å²) in [6.07, 6.45) is 2.35. The number of hydrogen-bond donors (Lipinski definition) is 6. The number of benzene rings is 3. The molecule has 0 unspecified atom stereocenters. The lowest BCUT2D eigenvalue weighted by molar-refractivity contribution is -0.133. The molecular weight excluding hydrogens is 544 g/mol. The van der Waals surface area contributed by atoms with Gasteiger partial charge >= 0.3 is 0 Å². The molecular formula is C33H36N6O4.